The molecule has 0 amide bonds. The summed E-state index contributed by atoms with van der Waals surface area (Å²) < 4.78 is 28.8. The minimum absolute atomic E-state index is 0.0781. The molecule has 2 rings (SSSR count). The summed E-state index contributed by atoms with van der Waals surface area (Å²) in [5.41, 5.74) is 5.43. The first-order valence-electron chi connectivity index (χ1n) is 6.58. The Bertz CT molecular complexity index is 551. The fourth-order valence-corrected chi connectivity index (χ4v) is 3.93. The molecule has 0 atom stereocenters. The standard InChI is InChI=1S/C12H22N4O2S/c1-12(2,3)15-19(17,18)10-8-14-16(11(10)13)9-6-4-5-7-9/h8-9,15H,4-7,13H2,1-3H3. The molecular formula is C12H22N4O2S. The van der Waals surface area contributed by atoms with Crippen molar-refractivity contribution in [3.05, 3.63) is 6.20 Å². The second-order valence-electron chi connectivity index (χ2n) is 6.13. The molecule has 1 saturated carbocycles. The monoisotopic (exact) mass is 286 g/mol. The van der Waals surface area contributed by atoms with Gasteiger partial charge in [-0.05, 0) is 33.6 Å². The second-order valence-corrected chi connectivity index (χ2v) is 7.78. The minimum atomic E-state index is -3.62. The number of nitrogens with zero attached hydrogens (tertiary/aromatic N) is 2. The van der Waals surface area contributed by atoms with Crippen LogP contribution >= 0.6 is 0 Å². The highest BCUT2D eigenvalue weighted by molar-refractivity contribution is 7.89. The summed E-state index contributed by atoms with van der Waals surface area (Å²) in [6.07, 6.45) is 5.66. The highest BCUT2D eigenvalue weighted by Crippen LogP contribution is 2.32. The van der Waals surface area contributed by atoms with E-state index in [9.17, 15) is 8.42 Å². The summed E-state index contributed by atoms with van der Waals surface area (Å²) in [5, 5.41) is 4.17. The number of aromatic nitrogens is 2. The molecule has 1 fully saturated rings. The minimum Gasteiger partial charge on any atom is -0.383 e. The van der Waals surface area contributed by atoms with E-state index in [0.717, 1.165) is 25.7 Å². The Kier molecular flexibility index (Phi) is 3.61. The molecule has 108 valence electrons. The van der Waals surface area contributed by atoms with Gasteiger partial charge in [0.25, 0.3) is 0 Å². The summed E-state index contributed by atoms with van der Waals surface area (Å²) >= 11 is 0. The first kappa shape index (κ1) is 14.3. The Hall–Kier alpha value is -1.08. The van der Waals surface area contributed by atoms with Crippen molar-refractivity contribution in [1.82, 2.24) is 14.5 Å². The highest BCUT2D eigenvalue weighted by atomic mass is 32.2. The molecule has 0 radical (unpaired) electrons. The lowest BCUT2D eigenvalue weighted by Gasteiger charge is -2.20. The van der Waals surface area contributed by atoms with E-state index in [4.69, 9.17) is 5.73 Å². The average Bonchev–Trinajstić information content (AvgIpc) is 2.81. The van der Waals surface area contributed by atoms with Gasteiger partial charge >= 0.3 is 0 Å². The molecule has 0 aliphatic heterocycles. The highest BCUT2D eigenvalue weighted by Gasteiger charge is 2.29. The van der Waals surface area contributed by atoms with E-state index >= 15 is 0 Å². The SMILES string of the molecule is CC(C)(C)NS(=O)(=O)c1cnn(C2CCCC2)c1N. The number of anilines is 1. The number of nitrogens with two attached hydrogens (primary N) is 1. The molecule has 1 aliphatic carbocycles. The maximum absolute atomic E-state index is 12.3. The molecule has 0 spiro atoms. The predicted octanol–water partition coefficient (Wildman–Crippen LogP) is 1.66. The van der Waals surface area contributed by atoms with Crippen molar-refractivity contribution in [2.45, 2.75) is 62.9 Å². The van der Waals surface area contributed by atoms with Crippen LogP contribution < -0.4 is 10.5 Å². The topological polar surface area (TPSA) is 90.0 Å². The third-order valence-corrected chi connectivity index (χ3v) is 4.97. The Morgan fingerprint density at radius 2 is 1.95 bits per heavy atom. The number of sulfonamides is 1. The van der Waals surface area contributed by atoms with Crippen LogP contribution in [0, 0.1) is 0 Å². The molecule has 1 aromatic heterocycles. The van der Waals surface area contributed by atoms with E-state index in [1.165, 1.54) is 6.20 Å². The zero-order chi connectivity index (χ0) is 14.3. The Morgan fingerprint density at radius 3 is 2.47 bits per heavy atom. The molecule has 0 aromatic carbocycles. The summed E-state index contributed by atoms with van der Waals surface area (Å²) in [4.78, 5) is 0.0781. The van der Waals surface area contributed by atoms with Crippen LogP contribution in [0.25, 0.3) is 0 Å². The predicted molar refractivity (Wildman–Crippen MR) is 74.2 cm³/mol. The van der Waals surface area contributed by atoms with Crippen LogP contribution in [0.4, 0.5) is 5.82 Å². The molecule has 1 aliphatic rings. The summed E-state index contributed by atoms with van der Waals surface area (Å²) in [5.74, 6) is 0.239. The normalized spacial score (nSPS) is 18.1. The van der Waals surface area contributed by atoms with Crippen LogP contribution in [0.3, 0.4) is 0 Å². The maximum atomic E-state index is 12.3. The van der Waals surface area contributed by atoms with Gasteiger partial charge < -0.3 is 5.73 Å². The summed E-state index contributed by atoms with van der Waals surface area (Å²) in [7, 11) is -3.62. The van der Waals surface area contributed by atoms with Crippen LogP contribution in [0.15, 0.2) is 11.1 Å². The fraction of sp³-hybridized carbons (Fsp3) is 0.750. The lowest BCUT2D eigenvalue weighted by molar-refractivity contribution is 0.472. The van der Waals surface area contributed by atoms with Gasteiger partial charge in [0.05, 0.1) is 12.2 Å². The van der Waals surface area contributed by atoms with Crippen molar-refractivity contribution in [3.8, 4) is 0 Å². The molecule has 0 bridgehead atoms. The smallest absolute Gasteiger partial charge is 0.246 e. The van der Waals surface area contributed by atoms with Crippen LogP contribution in [-0.2, 0) is 10.0 Å². The first-order chi connectivity index (χ1) is 8.71. The Balaban J connectivity index is 2.31. The number of hydrogen-bond acceptors (Lipinski definition) is 4. The van der Waals surface area contributed by atoms with Gasteiger partial charge in [0, 0.05) is 5.54 Å². The molecule has 1 heterocycles. The quantitative estimate of drug-likeness (QED) is 0.884. The van der Waals surface area contributed by atoms with Crippen molar-refractivity contribution in [2.24, 2.45) is 0 Å². The largest absolute Gasteiger partial charge is 0.383 e. The average molecular weight is 286 g/mol. The molecule has 7 heteroatoms. The third-order valence-electron chi connectivity index (χ3n) is 3.20. The van der Waals surface area contributed by atoms with Gasteiger partial charge in [-0.1, -0.05) is 12.8 Å². The number of hydrogen-bond donors (Lipinski definition) is 2. The lowest BCUT2D eigenvalue weighted by atomic mass is 10.1. The second kappa shape index (κ2) is 4.79. The van der Waals surface area contributed by atoms with E-state index in [2.05, 4.69) is 9.82 Å². The number of nitrogen functional groups attached to an aromatic ring is 1. The number of nitrogens with one attached hydrogen (secondary N) is 1. The lowest BCUT2D eigenvalue weighted by Crippen LogP contribution is -2.40. The molecule has 0 unspecified atom stereocenters. The molecular weight excluding hydrogens is 264 g/mol. The van der Waals surface area contributed by atoms with E-state index in [1.807, 2.05) is 0 Å². The van der Waals surface area contributed by atoms with Crippen LogP contribution in [0.2, 0.25) is 0 Å². The van der Waals surface area contributed by atoms with E-state index in [0.29, 0.717) is 0 Å². The summed E-state index contributed by atoms with van der Waals surface area (Å²) in [6, 6.07) is 0.235. The zero-order valence-corrected chi connectivity index (χ0v) is 12.5. The van der Waals surface area contributed by atoms with Gasteiger partial charge in [0.1, 0.15) is 10.7 Å². The van der Waals surface area contributed by atoms with Crippen LogP contribution in [0.1, 0.15) is 52.5 Å². The van der Waals surface area contributed by atoms with Crippen molar-refractivity contribution in [3.63, 3.8) is 0 Å². The van der Waals surface area contributed by atoms with Gasteiger partial charge in [0.2, 0.25) is 10.0 Å². The van der Waals surface area contributed by atoms with Crippen LogP contribution in [-0.4, -0.2) is 23.7 Å². The molecule has 6 nitrogen and oxygen atoms in total. The first-order valence-corrected chi connectivity index (χ1v) is 8.06. The number of rotatable bonds is 3. The van der Waals surface area contributed by atoms with Crippen molar-refractivity contribution >= 4 is 15.8 Å². The summed E-state index contributed by atoms with van der Waals surface area (Å²) in [6.45, 7) is 5.38. The molecule has 0 saturated heterocycles. The Morgan fingerprint density at radius 1 is 1.37 bits per heavy atom. The fourth-order valence-electron chi connectivity index (χ4n) is 2.46. The molecule has 1 aromatic rings. The van der Waals surface area contributed by atoms with Gasteiger partial charge in [-0.2, -0.15) is 5.10 Å². The van der Waals surface area contributed by atoms with Crippen molar-refractivity contribution < 1.29 is 8.42 Å². The van der Waals surface area contributed by atoms with Crippen LogP contribution in [0.5, 0.6) is 0 Å². The van der Waals surface area contributed by atoms with E-state index < -0.39 is 15.6 Å². The zero-order valence-electron chi connectivity index (χ0n) is 11.7. The van der Waals surface area contributed by atoms with Gasteiger partial charge in [-0.3, -0.25) is 0 Å². The van der Waals surface area contributed by atoms with Gasteiger partial charge in [0.15, 0.2) is 0 Å². The third kappa shape index (κ3) is 3.09. The van der Waals surface area contributed by atoms with Gasteiger partial charge in [-0.25, -0.2) is 17.8 Å². The Labute approximate surface area is 114 Å². The molecule has 3 N–H and O–H groups in total. The maximum Gasteiger partial charge on any atom is 0.246 e. The van der Waals surface area contributed by atoms with E-state index in [-0.39, 0.29) is 16.8 Å². The van der Waals surface area contributed by atoms with Crippen molar-refractivity contribution in [2.75, 3.05) is 5.73 Å². The van der Waals surface area contributed by atoms with Gasteiger partial charge in [-0.15, -0.1) is 0 Å². The van der Waals surface area contributed by atoms with Crippen molar-refractivity contribution in [1.29, 1.82) is 0 Å². The van der Waals surface area contributed by atoms with E-state index in [1.54, 1.807) is 25.5 Å². The molecule has 19 heavy (non-hydrogen) atoms.